The van der Waals surface area contributed by atoms with Crippen LogP contribution in [0.5, 0.6) is 0 Å². The van der Waals surface area contributed by atoms with Gasteiger partial charge in [0.05, 0.1) is 0 Å². The average Bonchev–Trinajstić information content (AvgIpc) is 2.69. The molecule has 2 aromatic heterocycles. The predicted octanol–water partition coefficient (Wildman–Crippen LogP) is 2.56. The van der Waals surface area contributed by atoms with E-state index in [4.69, 9.17) is 0 Å². The van der Waals surface area contributed by atoms with Gasteiger partial charge in [0.1, 0.15) is 12.1 Å². The lowest BCUT2D eigenvalue weighted by atomic mass is 9.88. The molecule has 0 fully saturated rings. The molecule has 0 saturated heterocycles. The maximum absolute atomic E-state index is 4.41. The molecule has 0 aromatic carbocycles. The molecule has 0 amide bonds. The zero-order chi connectivity index (χ0) is 10.9. The molecule has 0 N–H and O–H groups in total. The number of aromatic nitrogens is 3. The molecule has 15 heavy (non-hydrogen) atoms. The van der Waals surface area contributed by atoms with Gasteiger partial charge in [-0.05, 0) is 17.0 Å². The van der Waals surface area contributed by atoms with Crippen LogP contribution in [0.2, 0.25) is 0 Å². The van der Waals surface area contributed by atoms with Crippen molar-refractivity contribution in [1.82, 2.24) is 14.5 Å². The van der Waals surface area contributed by atoms with Crippen molar-refractivity contribution in [3.8, 4) is 5.82 Å². The molecule has 3 heteroatoms. The summed E-state index contributed by atoms with van der Waals surface area (Å²) in [7, 11) is 0. The summed E-state index contributed by atoms with van der Waals surface area (Å²) in [5, 5.41) is 0. The third-order valence-electron chi connectivity index (χ3n) is 2.38. The van der Waals surface area contributed by atoms with Gasteiger partial charge >= 0.3 is 0 Å². The molecule has 0 aliphatic carbocycles. The minimum Gasteiger partial charge on any atom is -0.291 e. The normalized spacial score (nSPS) is 11.7. The number of hydrogen-bond acceptors (Lipinski definition) is 2. The number of imidazole rings is 1. The summed E-state index contributed by atoms with van der Waals surface area (Å²) in [5.74, 6) is 0.903. The van der Waals surface area contributed by atoms with Crippen molar-refractivity contribution in [2.45, 2.75) is 26.2 Å². The molecule has 0 bridgehead atoms. The van der Waals surface area contributed by atoms with E-state index in [0.717, 1.165) is 5.82 Å². The van der Waals surface area contributed by atoms with Gasteiger partial charge < -0.3 is 0 Å². The Labute approximate surface area is 89.8 Å². The van der Waals surface area contributed by atoms with Crippen LogP contribution in [0.3, 0.4) is 0 Å². The predicted molar refractivity (Wildman–Crippen MR) is 60.1 cm³/mol. The van der Waals surface area contributed by atoms with E-state index in [0.29, 0.717) is 0 Å². The zero-order valence-electron chi connectivity index (χ0n) is 9.31. The lowest BCUT2D eigenvalue weighted by Gasteiger charge is -2.18. The van der Waals surface area contributed by atoms with Gasteiger partial charge in [0.15, 0.2) is 0 Å². The Morgan fingerprint density at radius 3 is 2.47 bits per heavy atom. The molecule has 3 nitrogen and oxygen atoms in total. The van der Waals surface area contributed by atoms with Crippen molar-refractivity contribution < 1.29 is 0 Å². The Kier molecular flexibility index (Phi) is 2.31. The lowest BCUT2D eigenvalue weighted by molar-refractivity contribution is 0.587. The topological polar surface area (TPSA) is 30.7 Å². The molecule has 2 rings (SSSR count). The van der Waals surface area contributed by atoms with Crippen LogP contribution in [0.4, 0.5) is 0 Å². The highest BCUT2D eigenvalue weighted by Crippen LogP contribution is 2.21. The molecule has 0 saturated carbocycles. The van der Waals surface area contributed by atoms with Gasteiger partial charge in [-0.25, -0.2) is 9.97 Å². The smallest absolute Gasteiger partial charge is 0.137 e. The molecule has 0 spiro atoms. The average molecular weight is 201 g/mol. The summed E-state index contributed by atoms with van der Waals surface area (Å²) in [6.07, 6.45) is 7.31. The molecular formula is C12H15N3. The first-order chi connectivity index (χ1) is 7.07. The molecule has 2 heterocycles. The Bertz CT molecular complexity index is 421. The molecule has 0 radical (unpaired) electrons. The van der Waals surface area contributed by atoms with Crippen LogP contribution < -0.4 is 0 Å². The third kappa shape index (κ3) is 2.06. The minimum absolute atomic E-state index is 0.153. The van der Waals surface area contributed by atoms with Gasteiger partial charge in [0, 0.05) is 18.6 Å². The Balaban J connectivity index is 2.33. The van der Waals surface area contributed by atoms with E-state index in [-0.39, 0.29) is 5.41 Å². The van der Waals surface area contributed by atoms with Crippen LogP contribution >= 0.6 is 0 Å². The standard InChI is InChI=1S/C12H15N3/c1-12(2,3)10-4-5-11(14-8-10)15-7-6-13-9-15/h4-9H,1-3H3. The summed E-state index contributed by atoms with van der Waals surface area (Å²) >= 11 is 0. The second-order valence-corrected chi connectivity index (χ2v) is 4.63. The second kappa shape index (κ2) is 3.50. The van der Waals surface area contributed by atoms with Crippen molar-refractivity contribution in [3.63, 3.8) is 0 Å². The quantitative estimate of drug-likeness (QED) is 0.710. The van der Waals surface area contributed by atoms with Crippen LogP contribution in [-0.4, -0.2) is 14.5 Å². The molecule has 78 valence electrons. The Hall–Kier alpha value is -1.64. The molecule has 0 atom stereocenters. The van der Waals surface area contributed by atoms with E-state index < -0.39 is 0 Å². The highest BCUT2D eigenvalue weighted by atomic mass is 15.1. The Morgan fingerprint density at radius 2 is 2.00 bits per heavy atom. The van der Waals surface area contributed by atoms with Gasteiger partial charge in [0.2, 0.25) is 0 Å². The van der Waals surface area contributed by atoms with Crippen LogP contribution in [0, 0.1) is 0 Å². The maximum Gasteiger partial charge on any atom is 0.137 e. The van der Waals surface area contributed by atoms with E-state index in [2.05, 4.69) is 36.8 Å². The largest absolute Gasteiger partial charge is 0.291 e. The monoisotopic (exact) mass is 201 g/mol. The summed E-state index contributed by atoms with van der Waals surface area (Å²) in [5.41, 5.74) is 1.40. The first-order valence-corrected chi connectivity index (χ1v) is 5.02. The van der Waals surface area contributed by atoms with Crippen molar-refractivity contribution in [1.29, 1.82) is 0 Å². The van der Waals surface area contributed by atoms with Crippen molar-refractivity contribution >= 4 is 0 Å². The maximum atomic E-state index is 4.41. The minimum atomic E-state index is 0.153. The highest BCUT2D eigenvalue weighted by molar-refractivity contribution is 5.28. The SMILES string of the molecule is CC(C)(C)c1ccc(-n2ccnc2)nc1. The van der Waals surface area contributed by atoms with Crippen LogP contribution in [0.25, 0.3) is 5.82 Å². The van der Waals surface area contributed by atoms with Crippen molar-refractivity contribution in [3.05, 3.63) is 42.6 Å². The van der Waals surface area contributed by atoms with E-state index in [1.165, 1.54) is 5.56 Å². The fourth-order valence-electron chi connectivity index (χ4n) is 1.38. The van der Waals surface area contributed by atoms with Gasteiger partial charge in [-0.3, -0.25) is 4.57 Å². The van der Waals surface area contributed by atoms with Crippen LogP contribution in [-0.2, 0) is 5.41 Å². The van der Waals surface area contributed by atoms with E-state index in [9.17, 15) is 0 Å². The number of pyridine rings is 1. The summed E-state index contributed by atoms with van der Waals surface area (Å²) < 4.78 is 1.90. The lowest BCUT2D eigenvalue weighted by Crippen LogP contribution is -2.11. The van der Waals surface area contributed by atoms with Crippen molar-refractivity contribution in [2.75, 3.05) is 0 Å². The fraction of sp³-hybridized carbons (Fsp3) is 0.333. The third-order valence-corrected chi connectivity index (χ3v) is 2.38. The number of hydrogen-bond donors (Lipinski definition) is 0. The van der Waals surface area contributed by atoms with E-state index >= 15 is 0 Å². The second-order valence-electron chi connectivity index (χ2n) is 4.63. The highest BCUT2D eigenvalue weighted by Gasteiger charge is 2.13. The van der Waals surface area contributed by atoms with E-state index in [1.807, 2.05) is 23.0 Å². The first-order valence-electron chi connectivity index (χ1n) is 5.02. The van der Waals surface area contributed by atoms with Gasteiger partial charge in [-0.1, -0.05) is 26.8 Å². The number of rotatable bonds is 1. The summed E-state index contributed by atoms with van der Waals surface area (Å²) in [6, 6.07) is 4.13. The van der Waals surface area contributed by atoms with E-state index in [1.54, 1.807) is 12.5 Å². The van der Waals surface area contributed by atoms with Crippen molar-refractivity contribution in [2.24, 2.45) is 0 Å². The molecule has 2 aromatic rings. The van der Waals surface area contributed by atoms with Crippen LogP contribution in [0.15, 0.2) is 37.1 Å². The zero-order valence-corrected chi connectivity index (χ0v) is 9.31. The molecule has 0 aliphatic rings. The van der Waals surface area contributed by atoms with Gasteiger partial charge in [0.25, 0.3) is 0 Å². The molecule has 0 aliphatic heterocycles. The molecular weight excluding hydrogens is 186 g/mol. The fourth-order valence-corrected chi connectivity index (χ4v) is 1.38. The summed E-state index contributed by atoms with van der Waals surface area (Å²) in [4.78, 5) is 8.40. The number of nitrogens with zero attached hydrogens (tertiary/aromatic N) is 3. The Morgan fingerprint density at radius 1 is 1.20 bits per heavy atom. The first kappa shape index (κ1) is 9.90. The summed E-state index contributed by atoms with van der Waals surface area (Å²) in [6.45, 7) is 6.54. The van der Waals surface area contributed by atoms with Gasteiger partial charge in [-0.2, -0.15) is 0 Å². The van der Waals surface area contributed by atoms with Gasteiger partial charge in [-0.15, -0.1) is 0 Å². The van der Waals surface area contributed by atoms with Crippen LogP contribution in [0.1, 0.15) is 26.3 Å². The molecule has 0 unspecified atom stereocenters.